The van der Waals surface area contributed by atoms with E-state index in [1.807, 2.05) is 12.1 Å². The van der Waals surface area contributed by atoms with Crippen molar-refractivity contribution in [3.63, 3.8) is 0 Å². The number of benzene rings is 5. The van der Waals surface area contributed by atoms with Gasteiger partial charge in [-0.1, -0.05) is 68.0 Å². The van der Waals surface area contributed by atoms with Gasteiger partial charge in [-0.2, -0.15) is 33.4 Å². The van der Waals surface area contributed by atoms with Gasteiger partial charge in [-0.3, -0.25) is 0 Å². The summed E-state index contributed by atoms with van der Waals surface area (Å²) in [4.78, 5) is 4.45. The first-order valence-corrected chi connectivity index (χ1v) is 19.6. The topological polar surface area (TPSA) is 56.3 Å². The van der Waals surface area contributed by atoms with Crippen LogP contribution in [0.1, 0.15) is 22.3 Å². The van der Waals surface area contributed by atoms with Crippen LogP contribution in [-0.2, 0) is 12.8 Å². The molecular weight excluding hydrogens is 827 g/mol. The van der Waals surface area contributed by atoms with Crippen LogP contribution in [-0.4, -0.2) is 5.51 Å². The van der Waals surface area contributed by atoms with Gasteiger partial charge in [0.25, 0.3) is 0 Å². The molecule has 0 spiro atoms. The highest BCUT2D eigenvalue weighted by Crippen LogP contribution is 3.02. The van der Waals surface area contributed by atoms with Crippen molar-refractivity contribution in [2.75, 3.05) is 0 Å². The van der Waals surface area contributed by atoms with Crippen molar-refractivity contribution in [3.05, 3.63) is 187 Å². The molecule has 0 radical (unpaired) electrons. The Kier molecular flexibility index (Phi) is 9.40. The third-order valence-electron chi connectivity index (χ3n) is 9.76. The summed E-state index contributed by atoms with van der Waals surface area (Å²) in [6.45, 7) is 15.8. The predicted molar refractivity (Wildman–Crippen MR) is 204 cm³/mol. The maximum absolute atomic E-state index is 14.4. The summed E-state index contributed by atoms with van der Waals surface area (Å²) in [5.41, 5.74) is -2.98. The third kappa shape index (κ3) is 7.57. The van der Waals surface area contributed by atoms with Gasteiger partial charge in [0.2, 0.25) is 0 Å². The van der Waals surface area contributed by atoms with Crippen LogP contribution in [0, 0.1) is 47.4 Å². The molecule has 4 nitrogen and oxygen atoms in total. The average molecular weight is 847 g/mol. The lowest BCUT2D eigenvalue weighted by Crippen LogP contribution is -2.25. The lowest BCUT2D eigenvalue weighted by atomic mass is 9.86. The van der Waals surface area contributed by atoms with Crippen molar-refractivity contribution in [3.8, 4) is 34.4 Å². The van der Waals surface area contributed by atoms with Gasteiger partial charge < -0.3 is 0 Å². The van der Waals surface area contributed by atoms with E-state index in [2.05, 4.69) is 9.69 Å². The van der Waals surface area contributed by atoms with E-state index < -0.39 is 43.7 Å². The molecule has 7 rings (SSSR count). The quantitative estimate of drug-likeness (QED) is 0.0740. The first-order valence-electron chi connectivity index (χ1n) is 16.9. The van der Waals surface area contributed by atoms with Gasteiger partial charge in [0.15, 0.2) is 0 Å². The molecule has 2 aliphatic rings. The molecule has 0 amide bonds. The summed E-state index contributed by atoms with van der Waals surface area (Å²) in [6, 6.07) is 20.7. The zero-order valence-corrected chi connectivity index (χ0v) is 31.2. The van der Waals surface area contributed by atoms with Crippen LogP contribution < -0.4 is 10.4 Å². The number of thioether (sulfide) groups is 1. The second-order valence-corrected chi connectivity index (χ2v) is 16.8. The first-order chi connectivity index (χ1) is 27.7. The van der Waals surface area contributed by atoms with Crippen molar-refractivity contribution in [2.45, 2.75) is 28.1 Å². The molecule has 0 aromatic heterocycles. The van der Waals surface area contributed by atoms with E-state index in [4.69, 9.17) is 13.1 Å². The Bertz CT molecular complexity index is 2970. The van der Waals surface area contributed by atoms with Crippen LogP contribution in [0.2, 0.25) is 0 Å². The highest BCUT2D eigenvalue weighted by molar-refractivity contribution is 8.45. The van der Waals surface area contributed by atoms with Gasteiger partial charge in [0.1, 0.15) is 47.4 Å². The number of hydrogen-bond donors (Lipinski definition) is 0. The molecule has 0 bridgehead atoms. The summed E-state index contributed by atoms with van der Waals surface area (Å²) in [5.74, 6) is -1.76. The van der Waals surface area contributed by atoms with Crippen molar-refractivity contribution < 1.29 is 41.4 Å². The van der Waals surface area contributed by atoms with Gasteiger partial charge in [0.05, 0.1) is 5.57 Å². The molecule has 0 saturated carbocycles. The molecule has 59 heavy (non-hydrogen) atoms. The molecule has 5 aromatic carbocycles. The second-order valence-electron chi connectivity index (χ2n) is 13.2. The molecule has 0 unspecified atom stereocenters. The van der Waals surface area contributed by atoms with Crippen LogP contribution in [0.5, 0.6) is 0 Å². The molecule has 16 heteroatoms. The van der Waals surface area contributed by atoms with E-state index in [-0.39, 0.29) is 119 Å². The Morgan fingerprint density at radius 2 is 0.983 bits per heavy atom. The second kappa shape index (κ2) is 13.7. The maximum atomic E-state index is 14.4. The van der Waals surface area contributed by atoms with E-state index in [1.54, 1.807) is 0 Å². The Labute approximate surface area is 333 Å². The lowest BCUT2D eigenvalue weighted by molar-refractivity contribution is -0.0328. The van der Waals surface area contributed by atoms with Crippen LogP contribution in [0.4, 0.5) is 41.4 Å². The van der Waals surface area contributed by atoms with E-state index >= 15 is 0 Å². The fourth-order valence-electron chi connectivity index (χ4n) is 7.52. The minimum Gasteiger partial charge on any atom is -0.207 e. The molecule has 294 valence electrons. The number of alkyl halides is 3. The van der Waals surface area contributed by atoms with Crippen LogP contribution in [0.3, 0.4) is 0 Å². The average Bonchev–Trinajstić information content (AvgIpc) is 3.74. The van der Waals surface area contributed by atoms with Crippen LogP contribution >= 0.6 is 22.0 Å². The van der Waals surface area contributed by atoms with Crippen molar-refractivity contribution in [1.29, 1.82) is 10.5 Å². The summed E-state index contributed by atoms with van der Waals surface area (Å²) in [6.07, 6.45) is -0.548. The fraction of sp³-hybridized carbons (Fsp3) is 0.0698. The summed E-state index contributed by atoms with van der Waals surface area (Å²) in [7, 11) is -10.2. The summed E-state index contributed by atoms with van der Waals surface area (Å²) < 4.78 is 139. The smallest absolute Gasteiger partial charge is 0.207 e. The predicted octanol–water partition coefficient (Wildman–Crippen LogP) is 12.5. The molecule has 5 aromatic rings. The Morgan fingerprint density at radius 3 is 1.37 bits per heavy atom. The Balaban J connectivity index is 1.79. The minimum atomic E-state index is -10.2. The van der Waals surface area contributed by atoms with Gasteiger partial charge in [-0.05, 0) is 138 Å². The van der Waals surface area contributed by atoms with Gasteiger partial charge in [0, 0.05) is 11.3 Å². The molecule has 0 fully saturated rings. The van der Waals surface area contributed by atoms with E-state index in [0.717, 1.165) is 36.4 Å². The monoisotopic (exact) mass is 846 g/mol. The number of allylic oxidation sites excluding steroid dienone is 3. The number of hydrogen-bond acceptors (Lipinski definition) is 3. The normalized spacial score (nSPS) is 14.6. The van der Waals surface area contributed by atoms with Crippen molar-refractivity contribution in [1.82, 2.24) is 0 Å². The summed E-state index contributed by atoms with van der Waals surface area (Å²) >= 11 is -0.384. The number of nitrogens with zero attached hydrogens (tertiary/aromatic N) is 4. The molecule has 0 aliphatic heterocycles. The highest BCUT2D eigenvalue weighted by atomic mass is 32.5. The first kappa shape index (κ1) is 40.5. The largest absolute Gasteiger partial charge is 0.523 e. The van der Waals surface area contributed by atoms with Crippen LogP contribution in [0.25, 0.3) is 43.1 Å². The Morgan fingerprint density at radius 1 is 0.593 bits per heavy atom. The molecular formula is C43H20F10N4S2. The van der Waals surface area contributed by atoms with Crippen molar-refractivity contribution in [2.24, 2.45) is 0 Å². The Hall–Kier alpha value is -6.72. The third-order valence-corrected chi connectivity index (χ3v) is 11.7. The minimum absolute atomic E-state index is 0.0743. The molecule has 0 saturated heterocycles. The summed E-state index contributed by atoms with van der Waals surface area (Å²) in [5, 5.41) is 20.8. The number of rotatable bonds is 6. The van der Waals surface area contributed by atoms with E-state index in [0.29, 0.717) is 0 Å². The van der Waals surface area contributed by atoms with Crippen molar-refractivity contribution >= 4 is 33.1 Å². The SMILES string of the molecule is [C-]#[N+]C([N+]#[C-])=C1Cc2c(-c3ccc(S(F)(F)(F)(F)F)cc3)c3c(c(-c4ccc(SC(F)(F)F)cc4)c2=C1c1ccc(F)cc1)CC(=C(C#N)C#N)C=3c1ccc(F)cc1. The number of halogens is 10. The lowest BCUT2D eigenvalue weighted by Gasteiger charge is -2.40. The van der Waals surface area contributed by atoms with Gasteiger partial charge >= 0.3 is 21.6 Å². The molecule has 0 atom stereocenters. The molecule has 0 N–H and O–H groups in total. The van der Waals surface area contributed by atoms with Gasteiger partial charge in [-0.15, -0.1) is 0 Å². The van der Waals surface area contributed by atoms with Gasteiger partial charge in [-0.25, -0.2) is 8.78 Å². The zero-order valence-electron chi connectivity index (χ0n) is 29.5. The van der Waals surface area contributed by atoms with E-state index in [1.165, 1.54) is 48.5 Å². The number of fused-ring (bicyclic) bond motifs is 2. The standard InChI is InChI=1S/C43H20F10N4S2/c1-56-42(57-2)35-20-34-38(26-9-17-31(18-10-26)59(49,50,51,52)53)40-33(19-32(27(21-54)22-55)36(40)23-3-11-28(44)12-4-23)37(25-7-15-30(16-8-25)58-43(46,47)48)41(34)39(35)24-5-13-29(45)14-6-24/h3-18H,19-20H2. The molecule has 0 heterocycles. The maximum Gasteiger partial charge on any atom is 0.523 e. The zero-order chi connectivity index (χ0) is 42.7. The van der Waals surface area contributed by atoms with E-state index in [9.17, 15) is 51.9 Å². The van der Waals surface area contributed by atoms with Crippen LogP contribution in [0.15, 0.2) is 129 Å². The number of nitriles is 2. The fourth-order valence-corrected chi connectivity index (χ4v) is 8.71. The molecule has 2 aliphatic carbocycles. The highest BCUT2D eigenvalue weighted by Gasteiger charge is 2.65.